The van der Waals surface area contributed by atoms with Gasteiger partial charge < -0.3 is 15.8 Å². The van der Waals surface area contributed by atoms with Crippen LogP contribution in [0, 0.1) is 11.8 Å². The number of aromatic nitrogens is 2. The molecule has 0 saturated heterocycles. The molecule has 1 aliphatic rings. The number of fused-ring (bicyclic) bond motifs is 3. The lowest BCUT2D eigenvalue weighted by atomic mass is 9.98. The predicted octanol–water partition coefficient (Wildman–Crippen LogP) is 3.60. The molecule has 3 N–H and O–H groups in total. The van der Waals surface area contributed by atoms with Crippen molar-refractivity contribution in [2.45, 2.75) is 5.92 Å². The van der Waals surface area contributed by atoms with Crippen molar-refractivity contribution < 1.29 is 9.53 Å². The number of nitrogen functional groups attached to an aromatic ring is 1. The summed E-state index contributed by atoms with van der Waals surface area (Å²) in [5.74, 6) is 5.67. The van der Waals surface area contributed by atoms with Crippen LogP contribution in [-0.2, 0) is 4.74 Å². The third kappa shape index (κ3) is 4.00. The molecule has 0 spiro atoms. The second-order valence-corrected chi connectivity index (χ2v) is 6.77. The zero-order valence-corrected chi connectivity index (χ0v) is 16.1. The summed E-state index contributed by atoms with van der Waals surface area (Å²) >= 11 is 5.93. The number of carbonyl (C=O) groups excluding carboxylic acids is 1. The first kappa shape index (κ1) is 18.8. The molecular formula is C22H17ClN4O2. The fourth-order valence-electron chi connectivity index (χ4n) is 3.36. The second-order valence-electron chi connectivity index (χ2n) is 6.41. The molecule has 7 heteroatoms. The minimum atomic E-state index is -0.527. The van der Waals surface area contributed by atoms with Gasteiger partial charge in [-0.25, -0.2) is 9.78 Å². The van der Waals surface area contributed by atoms with Crippen molar-refractivity contribution >= 4 is 23.6 Å². The smallest absolute Gasteiger partial charge is 0.407 e. The number of anilines is 1. The molecule has 0 aliphatic heterocycles. The molecule has 0 bridgehead atoms. The first-order valence-electron chi connectivity index (χ1n) is 8.99. The van der Waals surface area contributed by atoms with Gasteiger partial charge in [-0.1, -0.05) is 72.0 Å². The summed E-state index contributed by atoms with van der Waals surface area (Å²) in [6, 6.07) is 16.4. The molecular weight excluding hydrogens is 388 g/mol. The molecule has 1 aromatic heterocycles. The first-order valence-corrected chi connectivity index (χ1v) is 9.37. The zero-order chi connectivity index (χ0) is 20.2. The summed E-state index contributed by atoms with van der Waals surface area (Å²) in [6.45, 7) is 0.363. The van der Waals surface area contributed by atoms with Crippen LogP contribution in [-0.4, -0.2) is 29.2 Å². The number of benzene rings is 2. The number of carbonyl (C=O) groups is 1. The molecule has 4 rings (SSSR count). The largest absolute Gasteiger partial charge is 0.449 e. The first-order chi connectivity index (χ1) is 14.1. The number of nitrogens with one attached hydrogen (secondary N) is 1. The Bertz CT molecular complexity index is 1090. The van der Waals surface area contributed by atoms with Crippen LogP contribution >= 0.6 is 11.6 Å². The topological polar surface area (TPSA) is 90.1 Å². The van der Waals surface area contributed by atoms with Crippen molar-refractivity contribution in [2.75, 3.05) is 18.9 Å². The Morgan fingerprint density at radius 1 is 1.14 bits per heavy atom. The molecule has 2 aromatic carbocycles. The van der Waals surface area contributed by atoms with Gasteiger partial charge in [-0.2, -0.15) is 4.98 Å². The van der Waals surface area contributed by atoms with E-state index in [1.54, 1.807) is 0 Å². The van der Waals surface area contributed by atoms with E-state index in [2.05, 4.69) is 51.4 Å². The molecule has 144 valence electrons. The van der Waals surface area contributed by atoms with E-state index in [0.717, 1.165) is 0 Å². The SMILES string of the molecule is Nc1ncc(C#CCNC(=O)OCC2c3ccccc3-c3ccccc32)c(Cl)n1. The number of ether oxygens (including phenoxy) is 1. The Morgan fingerprint density at radius 3 is 2.45 bits per heavy atom. The molecule has 0 unspecified atom stereocenters. The van der Waals surface area contributed by atoms with Crippen molar-refractivity contribution in [3.8, 4) is 23.0 Å². The van der Waals surface area contributed by atoms with Crippen LogP contribution in [0.25, 0.3) is 11.1 Å². The average Bonchev–Trinajstić information content (AvgIpc) is 3.05. The van der Waals surface area contributed by atoms with Gasteiger partial charge in [-0.3, -0.25) is 0 Å². The Kier molecular flexibility index (Phi) is 5.32. The number of nitrogens with two attached hydrogens (primary N) is 1. The highest BCUT2D eigenvalue weighted by atomic mass is 35.5. The predicted molar refractivity (Wildman–Crippen MR) is 111 cm³/mol. The minimum absolute atomic E-state index is 0.0185. The highest BCUT2D eigenvalue weighted by Crippen LogP contribution is 2.44. The van der Waals surface area contributed by atoms with Gasteiger partial charge in [0.05, 0.1) is 12.1 Å². The van der Waals surface area contributed by atoms with Crippen LogP contribution in [0.4, 0.5) is 10.7 Å². The molecule has 0 saturated carbocycles. The van der Waals surface area contributed by atoms with Crippen LogP contribution in [0.3, 0.4) is 0 Å². The summed E-state index contributed by atoms with van der Waals surface area (Å²) in [5.41, 5.74) is 10.6. The number of halogens is 1. The molecule has 29 heavy (non-hydrogen) atoms. The maximum atomic E-state index is 12.1. The van der Waals surface area contributed by atoms with E-state index in [1.165, 1.54) is 28.5 Å². The van der Waals surface area contributed by atoms with Gasteiger partial charge in [0, 0.05) is 12.1 Å². The van der Waals surface area contributed by atoms with Crippen molar-refractivity contribution in [3.05, 3.63) is 76.6 Å². The van der Waals surface area contributed by atoms with Gasteiger partial charge in [0.25, 0.3) is 0 Å². The van der Waals surface area contributed by atoms with Gasteiger partial charge >= 0.3 is 6.09 Å². The van der Waals surface area contributed by atoms with Gasteiger partial charge in [0.15, 0.2) is 0 Å². The molecule has 1 amide bonds. The van der Waals surface area contributed by atoms with E-state index in [-0.39, 0.29) is 30.2 Å². The lowest BCUT2D eigenvalue weighted by Gasteiger charge is -2.14. The Hall–Kier alpha value is -3.56. The Labute approximate surface area is 173 Å². The molecule has 6 nitrogen and oxygen atoms in total. The van der Waals surface area contributed by atoms with Gasteiger partial charge in [-0.15, -0.1) is 0 Å². The average molecular weight is 405 g/mol. The second kappa shape index (κ2) is 8.21. The summed E-state index contributed by atoms with van der Waals surface area (Å²) in [6.07, 6.45) is 0.908. The van der Waals surface area contributed by atoms with E-state index < -0.39 is 6.09 Å². The fraction of sp³-hybridized carbons (Fsp3) is 0.136. The zero-order valence-electron chi connectivity index (χ0n) is 15.4. The normalized spacial score (nSPS) is 11.8. The quantitative estimate of drug-likeness (QED) is 0.514. The van der Waals surface area contributed by atoms with Crippen molar-refractivity contribution in [3.63, 3.8) is 0 Å². The van der Waals surface area contributed by atoms with E-state index in [0.29, 0.717) is 5.56 Å². The summed E-state index contributed by atoms with van der Waals surface area (Å²) < 4.78 is 5.45. The fourth-order valence-corrected chi connectivity index (χ4v) is 3.55. The summed E-state index contributed by atoms with van der Waals surface area (Å²) in [7, 11) is 0. The van der Waals surface area contributed by atoms with Gasteiger partial charge in [0.1, 0.15) is 11.8 Å². The molecule has 3 aromatic rings. The molecule has 1 aliphatic carbocycles. The van der Waals surface area contributed by atoms with Crippen LogP contribution in [0.5, 0.6) is 0 Å². The lowest BCUT2D eigenvalue weighted by Crippen LogP contribution is -2.26. The third-order valence-electron chi connectivity index (χ3n) is 4.65. The van der Waals surface area contributed by atoms with Crippen LogP contribution in [0.1, 0.15) is 22.6 Å². The Balaban J connectivity index is 1.35. The maximum absolute atomic E-state index is 12.1. The van der Waals surface area contributed by atoms with Gasteiger partial charge in [0.2, 0.25) is 5.95 Å². The van der Waals surface area contributed by atoms with E-state index in [9.17, 15) is 4.79 Å². The molecule has 0 fully saturated rings. The summed E-state index contributed by atoms with van der Waals surface area (Å²) in [5, 5.41) is 2.78. The van der Waals surface area contributed by atoms with Crippen molar-refractivity contribution in [2.24, 2.45) is 0 Å². The van der Waals surface area contributed by atoms with Crippen LogP contribution in [0.15, 0.2) is 54.7 Å². The molecule has 1 heterocycles. The number of amides is 1. The monoisotopic (exact) mass is 404 g/mol. The molecule has 0 atom stereocenters. The number of rotatable bonds is 3. The number of nitrogens with zero attached hydrogens (tertiary/aromatic N) is 2. The van der Waals surface area contributed by atoms with Crippen molar-refractivity contribution in [1.82, 2.24) is 15.3 Å². The third-order valence-corrected chi connectivity index (χ3v) is 4.94. The van der Waals surface area contributed by atoms with E-state index in [4.69, 9.17) is 22.1 Å². The highest BCUT2D eigenvalue weighted by Gasteiger charge is 2.28. The number of alkyl carbamates (subject to hydrolysis) is 1. The van der Waals surface area contributed by atoms with E-state index >= 15 is 0 Å². The maximum Gasteiger partial charge on any atom is 0.407 e. The highest BCUT2D eigenvalue weighted by molar-refractivity contribution is 6.30. The van der Waals surface area contributed by atoms with E-state index in [1.807, 2.05) is 24.3 Å². The van der Waals surface area contributed by atoms with Crippen molar-refractivity contribution in [1.29, 1.82) is 0 Å². The number of hydrogen-bond acceptors (Lipinski definition) is 5. The minimum Gasteiger partial charge on any atom is -0.449 e. The lowest BCUT2D eigenvalue weighted by molar-refractivity contribution is 0.144. The standard InChI is InChI=1S/C22H17ClN4O2/c23-20-14(12-26-21(24)27-20)6-5-11-25-22(28)29-13-19-17-9-3-1-7-15(17)16-8-2-4-10-18(16)19/h1-4,7-10,12,19H,11,13H2,(H,25,28)(H2,24,26,27). The van der Waals surface area contributed by atoms with Crippen LogP contribution < -0.4 is 11.1 Å². The van der Waals surface area contributed by atoms with Gasteiger partial charge in [-0.05, 0) is 22.3 Å². The number of hydrogen-bond donors (Lipinski definition) is 2. The Morgan fingerprint density at radius 2 is 1.79 bits per heavy atom. The molecule has 0 radical (unpaired) electrons. The van der Waals surface area contributed by atoms with Crippen LogP contribution in [0.2, 0.25) is 5.15 Å². The summed E-state index contributed by atoms with van der Waals surface area (Å²) in [4.78, 5) is 19.7.